The van der Waals surface area contributed by atoms with Crippen LogP contribution in [-0.2, 0) is 11.2 Å². The van der Waals surface area contributed by atoms with Gasteiger partial charge in [-0.05, 0) is 38.6 Å². The van der Waals surface area contributed by atoms with E-state index in [1.807, 2.05) is 32.2 Å². The van der Waals surface area contributed by atoms with Gasteiger partial charge in [0.05, 0.1) is 0 Å². The van der Waals surface area contributed by atoms with Crippen molar-refractivity contribution in [2.75, 3.05) is 20.1 Å². The van der Waals surface area contributed by atoms with Gasteiger partial charge in [0.25, 0.3) is 0 Å². The number of hydrogen-bond donors (Lipinski definition) is 2. The lowest BCUT2D eigenvalue weighted by Crippen LogP contribution is -2.26. The maximum Gasteiger partial charge on any atom is 0.220 e. The molecule has 0 saturated heterocycles. The van der Waals surface area contributed by atoms with Crippen LogP contribution in [0.1, 0.15) is 24.3 Å². The molecule has 1 amide bonds. The van der Waals surface area contributed by atoms with Crippen molar-refractivity contribution >= 4 is 29.4 Å². The van der Waals surface area contributed by atoms with Gasteiger partial charge in [0, 0.05) is 19.4 Å². The number of para-hydroxylation sites is 1. The van der Waals surface area contributed by atoms with E-state index in [9.17, 15) is 4.79 Å². The molecule has 0 fully saturated rings. The quantitative estimate of drug-likeness (QED) is 0.769. The number of aromatic nitrogens is 1. The van der Waals surface area contributed by atoms with Crippen LogP contribution in [0.5, 0.6) is 0 Å². The van der Waals surface area contributed by atoms with Crippen LogP contribution in [-0.4, -0.2) is 31.0 Å². The first-order valence-electron chi connectivity index (χ1n) is 6.97. The zero-order valence-electron chi connectivity index (χ0n) is 12.4. The van der Waals surface area contributed by atoms with Crippen molar-refractivity contribution in [3.8, 4) is 0 Å². The van der Waals surface area contributed by atoms with Crippen molar-refractivity contribution in [2.24, 2.45) is 0 Å². The van der Waals surface area contributed by atoms with Gasteiger partial charge >= 0.3 is 0 Å². The third-order valence-corrected chi connectivity index (χ3v) is 3.16. The Labute approximate surface area is 130 Å². The number of aryl methyl sites for hydroxylation is 1. The van der Waals surface area contributed by atoms with E-state index in [4.69, 9.17) is 4.42 Å². The summed E-state index contributed by atoms with van der Waals surface area (Å²) < 4.78 is 5.66. The monoisotopic (exact) mass is 311 g/mol. The third kappa shape index (κ3) is 5.02. The first kappa shape index (κ1) is 17.5. The van der Waals surface area contributed by atoms with Crippen molar-refractivity contribution < 1.29 is 9.21 Å². The molecule has 0 radical (unpaired) electrons. The van der Waals surface area contributed by atoms with Gasteiger partial charge in [0.15, 0.2) is 11.5 Å². The fraction of sp³-hybridized carbons (Fsp3) is 0.467. The molecule has 2 rings (SSSR count). The standard InChI is InChI=1S/C15H21N3O2.ClH/c1-11-5-3-6-12-15(11)18-14(20-12)8-10-17-13(19)7-4-9-16-2;/h3,5-6,16H,4,7-10H2,1-2H3,(H,17,19);1H. The largest absolute Gasteiger partial charge is 0.441 e. The zero-order valence-corrected chi connectivity index (χ0v) is 13.3. The Bertz CT molecular complexity index is 583. The molecule has 1 aromatic heterocycles. The fourth-order valence-corrected chi connectivity index (χ4v) is 2.06. The Morgan fingerprint density at radius 1 is 1.33 bits per heavy atom. The molecule has 1 aromatic carbocycles. The van der Waals surface area contributed by atoms with Gasteiger partial charge in [-0.1, -0.05) is 12.1 Å². The van der Waals surface area contributed by atoms with E-state index < -0.39 is 0 Å². The predicted octanol–water partition coefficient (Wildman–Crippen LogP) is 2.22. The average Bonchev–Trinajstić information content (AvgIpc) is 2.83. The summed E-state index contributed by atoms with van der Waals surface area (Å²) in [7, 11) is 1.88. The third-order valence-electron chi connectivity index (χ3n) is 3.16. The number of fused-ring (bicyclic) bond motifs is 1. The Morgan fingerprint density at radius 2 is 2.14 bits per heavy atom. The van der Waals surface area contributed by atoms with Gasteiger partial charge in [0.2, 0.25) is 5.91 Å². The van der Waals surface area contributed by atoms with E-state index in [1.54, 1.807) is 0 Å². The van der Waals surface area contributed by atoms with E-state index in [0.717, 1.165) is 29.6 Å². The Morgan fingerprint density at radius 3 is 2.86 bits per heavy atom. The lowest BCUT2D eigenvalue weighted by Gasteiger charge is -2.03. The van der Waals surface area contributed by atoms with Gasteiger partial charge in [-0.15, -0.1) is 12.4 Å². The molecule has 1 heterocycles. The number of oxazole rings is 1. The molecule has 0 aliphatic heterocycles. The summed E-state index contributed by atoms with van der Waals surface area (Å²) in [6, 6.07) is 5.88. The predicted molar refractivity (Wildman–Crippen MR) is 85.9 cm³/mol. The van der Waals surface area contributed by atoms with Crippen LogP contribution in [0, 0.1) is 6.92 Å². The molecule has 0 saturated carbocycles. The van der Waals surface area contributed by atoms with Gasteiger partial charge < -0.3 is 15.1 Å². The summed E-state index contributed by atoms with van der Waals surface area (Å²) >= 11 is 0. The Hall–Kier alpha value is -1.59. The van der Waals surface area contributed by atoms with Gasteiger partial charge in [-0.3, -0.25) is 4.79 Å². The lowest BCUT2D eigenvalue weighted by molar-refractivity contribution is -0.121. The highest BCUT2D eigenvalue weighted by Crippen LogP contribution is 2.18. The SMILES string of the molecule is CNCCCC(=O)NCCc1nc2c(C)cccc2o1.Cl. The molecule has 5 nitrogen and oxygen atoms in total. The maximum atomic E-state index is 11.5. The van der Waals surface area contributed by atoms with E-state index in [-0.39, 0.29) is 18.3 Å². The lowest BCUT2D eigenvalue weighted by atomic mass is 10.2. The van der Waals surface area contributed by atoms with Crippen LogP contribution in [0.2, 0.25) is 0 Å². The van der Waals surface area contributed by atoms with E-state index in [2.05, 4.69) is 15.6 Å². The highest BCUT2D eigenvalue weighted by Gasteiger charge is 2.08. The second-order valence-corrected chi connectivity index (χ2v) is 4.84. The Kier molecular flexibility index (Phi) is 7.19. The summed E-state index contributed by atoms with van der Waals surface area (Å²) in [6.07, 6.45) is 2.02. The molecule has 0 spiro atoms. The number of nitrogens with one attached hydrogen (secondary N) is 2. The normalized spacial score (nSPS) is 10.4. The first-order valence-corrected chi connectivity index (χ1v) is 6.97. The van der Waals surface area contributed by atoms with E-state index in [1.165, 1.54) is 0 Å². The number of nitrogens with zero attached hydrogens (tertiary/aromatic N) is 1. The van der Waals surface area contributed by atoms with Crippen molar-refractivity contribution in [2.45, 2.75) is 26.2 Å². The average molecular weight is 312 g/mol. The topological polar surface area (TPSA) is 67.2 Å². The molecule has 0 atom stereocenters. The Balaban J connectivity index is 0.00000220. The number of halogens is 1. The molecule has 6 heteroatoms. The number of amides is 1. The second-order valence-electron chi connectivity index (χ2n) is 4.84. The van der Waals surface area contributed by atoms with Crippen molar-refractivity contribution in [3.05, 3.63) is 29.7 Å². The molecular weight excluding hydrogens is 290 g/mol. The minimum atomic E-state index is 0. The fourth-order valence-electron chi connectivity index (χ4n) is 2.06. The molecule has 0 aliphatic rings. The van der Waals surface area contributed by atoms with Crippen molar-refractivity contribution in [1.82, 2.24) is 15.6 Å². The van der Waals surface area contributed by atoms with Gasteiger partial charge in [-0.2, -0.15) is 0 Å². The van der Waals surface area contributed by atoms with Crippen molar-refractivity contribution in [1.29, 1.82) is 0 Å². The summed E-state index contributed by atoms with van der Waals surface area (Å²) in [6.45, 7) is 3.43. The van der Waals surface area contributed by atoms with Crippen LogP contribution in [0.3, 0.4) is 0 Å². The molecule has 0 unspecified atom stereocenters. The van der Waals surface area contributed by atoms with Crippen LogP contribution in [0.15, 0.2) is 22.6 Å². The molecule has 0 bridgehead atoms. The van der Waals surface area contributed by atoms with Crippen LogP contribution < -0.4 is 10.6 Å². The first-order chi connectivity index (χ1) is 9.70. The van der Waals surface area contributed by atoms with E-state index in [0.29, 0.717) is 25.3 Å². The second kappa shape index (κ2) is 8.64. The minimum absolute atomic E-state index is 0. The number of rotatable bonds is 7. The number of carbonyl (C=O) groups excluding carboxylic acids is 1. The molecule has 2 aromatic rings. The summed E-state index contributed by atoms with van der Waals surface area (Å²) in [5, 5.41) is 5.90. The minimum Gasteiger partial charge on any atom is -0.441 e. The number of carbonyl (C=O) groups is 1. The van der Waals surface area contributed by atoms with E-state index >= 15 is 0 Å². The molecular formula is C15H22ClN3O2. The zero-order chi connectivity index (χ0) is 14.4. The van der Waals surface area contributed by atoms with Crippen molar-refractivity contribution in [3.63, 3.8) is 0 Å². The molecule has 116 valence electrons. The highest BCUT2D eigenvalue weighted by atomic mass is 35.5. The summed E-state index contributed by atoms with van der Waals surface area (Å²) in [5.74, 6) is 0.748. The number of benzene rings is 1. The molecule has 0 aliphatic carbocycles. The van der Waals surface area contributed by atoms with Gasteiger partial charge in [0.1, 0.15) is 5.52 Å². The van der Waals surface area contributed by atoms with Crippen LogP contribution in [0.4, 0.5) is 0 Å². The summed E-state index contributed by atoms with van der Waals surface area (Å²) in [4.78, 5) is 16.0. The summed E-state index contributed by atoms with van der Waals surface area (Å²) in [5.41, 5.74) is 2.82. The van der Waals surface area contributed by atoms with Gasteiger partial charge in [-0.25, -0.2) is 4.98 Å². The van der Waals surface area contributed by atoms with Crippen LogP contribution in [0.25, 0.3) is 11.1 Å². The smallest absolute Gasteiger partial charge is 0.220 e. The van der Waals surface area contributed by atoms with Crippen LogP contribution >= 0.6 is 12.4 Å². The highest BCUT2D eigenvalue weighted by molar-refractivity contribution is 5.85. The number of hydrogen-bond acceptors (Lipinski definition) is 4. The molecule has 2 N–H and O–H groups in total. The molecule has 21 heavy (non-hydrogen) atoms. The maximum absolute atomic E-state index is 11.5.